The molecule has 0 bridgehead atoms. The van der Waals surface area contributed by atoms with E-state index in [0.717, 1.165) is 36.3 Å². The molecule has 0 saturated carbocycles. The highest BCUT2D eigenvalue weighted by atomic mass is 79.9. The predicted molar refractivity (Wildman–Crippen MR) is 113 cm³/mol. The van der Waals surface area contributed by atoms with E-state index in [2.05, 4.69) is 15.9 Å². The fraction of sp³-hybridized carbons (Fsp3) is 0.0909. The van der Waals surface area contributed by atoms with Gasteiger partial charge in [0.25, 0.3) is 0 Å². The Morgan fingerprint density at radius 3 is 2.33 bits per heavy atom. The van der Waals surface area contributed by atoms with Crippen molar-refractivity contribution in [3.05, 3.63) is 82.8 Å². The summed E-state index contributed by atoms with van der Waals surface area (Å²) in [5.74, 6) is 1.48. The molecular formula is C22H17BrO3S. The van der Waals surface area contributed by atoms with Gasteiger partial charge in [0.05, 0.1) is 17.0 Å². The Morgan fingerprint density at radius 2 is 1.63 bits per heavy atom. The molecule has 3 aromatic carbocycles. The third-order valence-electron chi connectivity index (χ3n) is 4.37. The van der Waals surface area contributed by atoms with Gasteiger partial charge in [0.15, 0.2) is 9.58 Å². The van der Waals surface area contributed by atoms with Crippen LogP contribution in [0.4, 0.5) is 0 Å². The maximum atomic E-state index is 13.1. The molecule has 1 atom stereocenters. The summed E-state index contributed by atoms with van der Waals surface area (Å²) in [7, 11) is 0.358. The monoisotopic (exact) mass is 440 g/mol. The van der Waals surface area contributed by atoms with E-state index < -0.39 is 10.8 Å². The number of ether oxygens (including phenoxy) is 2. The first-order valence-corrected chi connectivity index (χ1v) is 10.4. The number of methoxy groups -OCH3 is 1. The summed E-state index contributed by atoms with van der Waals surface area (Å²) in [5.41, 5.74) is 2.00. The summed E-state index contributed by atoms with van der Waals surface area (Å²) in [5, 5.41) is 0.936. The third-order valence-corrected chi connectivity index (χ3v) is 7.01. The Kier molecular flexibility index (Phi) is 5.16. The van der Waals surface area contributed by atoms with Crippen LogP contribution in [0.15, 0.2) is 77.3 Å². The lowest BCUT2D eigenvalue weighted by Gasteiger charge is -2.06. The lowest BCUT2D eigenvalue weighted by molar-refractivity contribution is 0.306. The summed E-state index contributed by atoms with van der Waals surface area (Å²) in [4.78, 5) is 0.771. The smallest absolute Gasteiger partial charge is 0.194 e. The number of rotatable bonds is 5. The van der Waals surface area contributed by atoms with Crippen molar-refractivity contribution in [1.29, 1.82) is 0 Å². The van der Waals surface area contributed by atoms with Crippen molar-refractivity contribution in [3.63, 3.8) is 0 Å². The van der Waals surface area contributed by atoms with Crippen molar-refractivity contribution in [2.75, 3.05) is 7.11 Å². The first-order valence-electron chi connectivity index (χ1n) is 8.44. The van der Waals surface area contributed by atoms with Crippen LogP contribution in [0.2, 0.25) is 0 Å². The minimum atomic E-state index is -1.27. The lowest BCUT2D eigenvalue weighted by atomic mass is 10.1. The standard InChI is InChI=1S/C22H17BrO3S/c1-25-17-9-7-16(8-10-17)22-21(23)19-12-11-18(13-20(19)27(22)24)26-14-15-5-3-2-4-6-15/h2-13H,14H2,1H3. The van der Waals surface area contributed by atoms with Crippen LogP contribution in [0.3, 0.4) is 0 Å². The van der Waals surface area contributed by atoms with E-state index in [4.69, 9.17) is 9.47 Å². The number of hydrogen-bond acceptors (Lipinski definition) is 3. The van der Waals surface area contributed by atoms with E-state index in [1.54, 1.807) is 7.11 Å². The SMILES string of the molecule is COc1ccc(-c2c(Br)c3ccc(OCc4ccccc4)cc3[s+]2[O-])cc1. The third kappa shape index (κ3) is 3.58. The van der Waals surface area contributed by atoms with Gasteiger partial charge < -0.3 is 14.0 Å². The molecule has 0 spiro atoms. The molecule has 5 heteroatoms. The zero-order valence-electron chi connectivity index (χ0n) is 14.6. The van der Waals surface area contributed by atoms with Crippen LogP contribution in [0.5, 0.6) is 11.5 Å². The molecule has 136 valence electrons. The number of halogens is 1. The van der Waals surface area contributed by atoms with Gasteiger partial charge in [-0.1, -0.05) is 30.3 Å². The topological polar surface area (TPSA) is 41.5 Å². The number of benzene rings is 3. The highest BCUT2D eigenvalue weighted by Gasteiger charge is 2.23. The van der Waals surface area contributed by atoms with Crippen molar-refractivity contribution in [1.82, 2.24) is 0 Å². The molecule has 1 aromatic heterocycles. The molecule has 3 nitrogen and oxygen atoms in total. The molecule has 4 aromatic rings. The van der Waals surface area contributed by atoms with Gasteiger partial charge in [-0.25, -0.2) is 0 Å². The molecule has 0 aliphatic heterocycles. The molecule has 27 heavy (non-hydrogen) atoms. The molecule has 0 radical (unpaired) electrons. The molecule has 4 rings (SSSR count). The minimum Gasteiger partial charge on any atom is -0.590 e. The van der Waals surface area contributed by atoms with E-state index in [9.17, 15) is 4.55 Å². The van der Waals surface area contributed by atoms with Crippen molar-refractivity contribution < 1.29 is 14.0 Å². The van der Waals surface area contributed by atoms with E-state index in [0.29, 0.717) is 12.4 Å². The average molecular weight is 441 g/mol. The molecule has 0 aliphatic rings. The van der Waals surface area contributed by atoms with Gasteiger partial charge >= 0.3 is 0 Å². The molecule has 0 saturated heterocycles. The predicted octanol–water partition coefficient (Wildman–Crippen LogP) is 6.58. The van der Waals surface area contributed by atoms with Gasteiger partial charge in [0.2, 0.25) is 0 Å². The van der Waals surface area contributed by atoms with E-state index in [1.807, 2.05) is 72.8 Å². The van der Waals surface area contributed by atoms with Gasteiger partial charge in [-0.15, -0.1) is 0 Å². The van der Waals surface area contributed by atoms with Crippen LogP contribution < -0.4 is 9.47 Å². The molecule has 0 aliphatic carbocycles. The number of fused-ring (bicyclic) bond motifs is 1. The molecule has 0 amide bonds. The zero-order chi connectivity index (χ0) is 18.8. The second-order valence-electron chi connectivity index (χ2n) is 6.07. The Morgan fingerprint density at radius 1 is 0.926 bits per heavy atom. The van der Waals surface area contributed by atoms with Crippen LogP contribution >= 0.6 is 26.7 Å². The van der Waals surface area contributed by atoms with Crippen LogP contribution in [-0.2, 0) is 6.61 Å². The van der Waals surface area contributed by atoms with Crippen LogP contribution in [0, 0.1) is 0 Å². The maximum absolute atomic E-state index is 13.1. The summed E-state index contributed by atoms with van der Waals surface area (Å²) < 4.78 is 25.8. The Hall–Kier alpha value is -2.34. The summed E-state index contributed by atoms with van der Waals surface area (Å²) in [6.07, 6.45) is 0. The highest BCUT2D eigenvalue weighted by molar-refractivity contribution is 9.10. The average Bonchev–Trinajstić information content (AvgIpc) is 2.97. The number of thiophene rings is 1. The van der Waals surface area contributed by atoms with Gasteiger partial charge in [-0.2, -0.15) is 0 Å². The van der Waals surface area contributed by atoms with E-state index >= 15 is 0 Å². The molecule has 0 fully saturated rings. The fourth-order valence-corrected chi connectivity index (χ4v) is 5.54. The van der Waals surface area contributed by atoms with E-state index in [-0.39, 0.29) is 0 Å². The highest BCUT2D eigenvalue weighted by Crippen LogP contribution is 2.48. The lowest BCUT2D eigenvalue weighted by Crippen LogP contribution is -1.94. The van der Waals surface area contributed by atoms with Gasteiger partial charge in [-0.05, 0) is 68.6 Å². The zero-order valence-corrected chi connectivity index (χ0v) is 17.0. The summed E-state index contributed by atoms with van der Waals surface area (Å²) in [6.45, 7) is 0.478. The fourth-order valence-electron chi connectivity index (χ4n) is 2.96. The Bertz CT molecular complexity index is 1070. The first kappa shape index (κ1) is 18.0. The molecule has 1 unspecified atom stereocenters. The van der Waals surface area contributed by atoms with Crippen molar-refractivity contribution in [2.45, 2.75) is 6.61 Å². The van der Waals surface area contributed by atoms with Crippen LogP contribution in [0.25, 0.3) is 20.5 Å². The van der Waals surface area contributed by atoms with Crippen molar-refractivity contribution in [2.24, 2.45) is 0 Å². The quantitative estimate of drug-likeness (QED) is 0.329. The largest absolute Gasteiger partial charge is 0.590 e. The summed E-state index contributed by atoms with van der Waals surface area (Å²) >= 11 is 3.63. The van der Waals surface area contributed by atoms with Gasteiger partial charge in [0, 0.05) is 11.6 Å². The van der Waals surface area contributed by atoms with Crippen molar-refractivity contribution in [3.8, 4) is 21.9 Å². The van der Waals surface area contributed by atoms with Gasteiger partial charge in [-0.3, -0.25) is 0 Å². The van der Waals surface area contributed by atoms with Crippen LogP contribution in [0.1, 0.15) is 5.56 Å². The molecule has 0 N–H and O–H groups in total. The molecule has 1 heterocycles. The van der Waals surface area contributed by atoms with E-state index in [1.165, 1.54) is 0 Å². The Labute approximate surface area is 169 Å². The second kappa shape index (κ2) is 7.72. The summed E-state index contributed by atoms with van der Waals surface area (Å²) in [6, 6.07) is 23.3. The van der Waals surface area contributed by atoms with Gasteiger partial charge in [0.1, 0.15) is 18.1 Å². The van der Waals surface area contributed by atoms with Crippen LogP contribution in [-0.4, -0.2) is 11.7 Å². The van der Waals surface area contributed by atoms with Crippen molar-refractivity contribution >= 4 is 36.8 Å². The Balaban J connectivity index is 1.68. The normalized spacial score (nSPS) is 11.6. The first-order chi connectivity index (χ1) is 13.2. The second-order valence-corrected chi connectivity index (χ2v) is 8.25. The number of hydrogen-bond donors (Lipinski definition) is 0. The minimum absolute atomic E-state index is 0.478. The maximum Gasteiger partial charge on any atom is 0.194 e. The molecular weight excluding hydrogens is 424 g/mol.